The Morgan fingerprint density at radius 3 is 3.00 bits per heavy atom. The van der Waals surface area contributed by atoms with Gasteiger partial charge < -0.3 is 5.11 Å². The smallest absolute Gasteiger partial charge is 0.0972 e. The van der Waals surface area contributed by atoms with E-state index in [1.807, 2.05) is 6.07 Å². The first-order valence-corrected chi connectivity index (χ1v) is 5.81. The molecule has 0 aliphatic heterocycles. The molecular formula is C13H13BrO. The molecule has 0 bridgehead atoms. The molecule has 0 radical (unpaired) electrons. The maximum Gasteiger partial charge on any atom is 0.0972 e. The number of rotatable bonds is 2. The van der Waals surface area contributed by atoms with Crippen LogP contribution in [0.2, 0.25) is 0 Å². The number of hydrogen-bond donors (Lipinski definition) is 1. The van der Waals surface area contributed by atoms with Gasteiger partial charge >= 0.3 is 0 Å². The molecule has 0 saturated carbocycles. The van der Waals surface area contributed by atoms with Crippen molar-refractivity contribution in [1.82, 2.24) is 0 Å². The minimum absolute atomic E-state index is 0.557. The zero-order chi connectivity index (χ0) is 10.8. The van der Waals surface area contributed by atoms with Gasteiger partial charge in [-0.15, -0.1) is 6.58 Å². The highest BCUT2D eigenvalue weighted by Gasteiger charge is 2.16. The molecule has 1 aromatic carbocycles. The predicted octanol–water partition coefficient (Wildman–Crippen LogP) is 3.33. The van der Waals surface area contributed by atoms with E-state index in [-0.39, 0.29) is 0 Å². The molecule has 1 aliphatic carbocycles. The third-order valence-corrected chi connectivity index (χ3v) is 3.20. The van der Waals surface area contributed by atoms with Crippen molar-refractivity contribution >= 4 is 21.5 Å². The van der Waals surface area contributed by atoms with E-state index in [1.54, 1.807) is 6.08 Å². The minimum Gasteiger partial charge on any atom is -0.384 e. The van der Waals surface area contributed by atoms with Gasteiger partial charge in [-0.25, -0.2) is 0 Å². The van der Waals surface area contributed by atoms with Crippen LogP contribution in [0.15, 0.2) is 41.4 Å². The average molecular weight is 265 g/mol. The number of allylic oxidation sites excluding steroid dienone is 1. The summed E-state index contributed by atoms with van der Waals surface area (Å²) in [6.45, 7) is 3.63. The Balaban J connectivity index is 2.49. The third kappa shape index (κ3) is 2.06. The summed E-state index contributed by atoms with van der Waals surface area (Å²) >= 11 is 3.45. The number of halogens is 1. The van der Waals surface area contributed by atoms with Gasteiger partial charge in [0, 0.05) is 4.47 Å². The summed E-state index contributed by atoms with van der Waals surface area (Å²) in [4.78, 5) is 0. The lowest BCUT2D eigenvalue weighted by molar-refractivity contribution is 0.280. The van der Waals surface area contributed by atoms with Crippen LogP contribution in [0.1, 0.15) is 17.5 Å². The van der Waals surface area contributed by atoms with Crippen LogP contribution in [-0.2, 0) is 6.42 Å². The van der Waals surface area contributed by atoms with Gasteiger partial charge in [-0.05, 0) is 41.7 Å². The molecule has 1 aliphatic rings. The second-order valence-corrected chi connectivity index (χ2v) is 4.60. The maximum atomic E-state index is 9.82. The molecule has 0 amide bonds. The van der Waals surface area contributed by atoms with Gasteiger partial charge in [0.25, 0.3) is 0 Å². The molecule has 78 valence electrons. The van der Waals surface area contributed by atoms with Crippen LogP contribution >= 0.6 is 15.9 Å². The fourth-order valence-electron chi connectivity index (χ4n) is 1.94. The van der Waals surface area contributed by atoms with Crippen molar-refractivity contribution in [3.8, 4) is 0 Å². The Labute approximate surface area is 98.3 Å². The molecule has 0 aromatic heterocycles. The monoisotopic (exact) mass is 264 g/mol. The summed E-state index contributed by atoms with van der Waals surface area (Å²) < 4.78 is 1.05. The molecule has 2 heteroatoms. The van der Waals surface area contributed by atoms with E-state index in [9.17, 15) is 5.11 Å². The van der Waals surface area contributed by atoms with Crippen molar-refractivity contribution < 1.29 is 5.11 Å². The van der Waals surface area contributed by atoms with E-state index in [1.165, 1.54) is 5.56 Å². The Bertz CT molecular complexity index is 421. The summed E-state index contributed by atoms with van der Waals surface area (Å²) in [5, 5.41) is 9.82. The fraction of sp³-hybridized carbons (Fsp3) is 0.231. The number of fused-ring (bicyclic) bond motifs is 1. The first-order valence-electron chi connectivity index (χ1n) is 5.02. The number of hydrogen-bond acceptors (Lipinski definition) is 1. The highest BCUT2D eigenvalue weighted by atomic mass is 79.9. The zero-order valence-corrected chi connectivity index (χ0v) is 10.00. The van der Waals surface area contributed by atoms with E-state index in [0.29, 0.717) is 0 Å². The Hall–Kier alpha value is -0.860. The van der Waals surface area contributed by atoms with Crippen LogP contribution in [0.4, 0.5) is 0 Å². The highest BCUT2D eigenvalue weighted by Crippen LogP contribution is 2.31. The van der Waals surface area contributed by atoms with Gasteiger partial charge in [0.15, 0.2) is 0 Å². The summed E-state index contributed by atoms with van der Waals surface area (Å²) in [6.07, 6.45) is 5.16. The summed E-state index contributed by atoms with van der Waals surface area (Å²) in [5.41, 5.74) is 3.42. The van der Waals surface area contributed by atoms with Gasteiger partial charge in [-0.3, -0.25) is 0 Å². The van der Waals surface area contributed by atoms with Crippen molar-refractivity contribution in [2.24, 2.45) is 0 Å². The van der Waals surface area contributed by atoms with Gasteiger partial charge in [0.1, 0.15) is 0 Å². The van der Waals surface area contributed by atoms with Crippen molar-refractivity contribution in [2.75, 3.05) is 0 Å². The van der Waals surface area contributed by atoms with Crippen LogP contribution in [0.3, 0.4) is 0 Å². The molecule has 0 heterocycles. The SMILES string of the molecule is C=CC(O)C1=CCCc2ccc(Br)cc21. The topological polar surface area (TPSA) is 20.2 Å². The second kappa shape index (κ2) is 4.33. The predicted molar refractivity (Wildman–Crippen MR) is 66.6 cm³/mol. The van der Waals surface area contributed by atoms with Crippen molar-refractivity contribution in [2.45, 2.75) is 18.9 Å². The van der Waals surface area contributed by atoms with Gasteiger partial charge in [0.2, 0.25) is 0 Å². The molecule has 1 atom stereocenters. The molecule has 1 unspecified atom stereocenters. The van der Waals surface area contributed by atoms with Gasteiger partial charge in [-0.2, -0.15) is 0 Å². The van der Waals surface area contributed by atoms with E-state index in [4.69, 9.17) is 0 Å². The first-order chi connectivity index (χ1) is 7.22. The largest absolute Gasteiger partial charge is 0.384 e. The van der Waals surface area contributed by atoms with E-state index in [2.05, 4.69) is 40.7 Å². The molecule has 0 fully saturated rings. The molecule has 0 saturated heterocycles. The molecule has 1 N–H and O–H groups in total. The average Bonchev–Trinajstić information content (AvgIpc) is 2.27. The lowest BCUT2D eigenvalue weighted by Crippen LogP contribution is -2.10. The van der Waals surface area contributed by atoms with Crippen molar-refractivity contribution in [3.63, 3.8) is 0 Å². The lowest BCUT2D eigenvalue weighted by atomic mass is 9.88. The number of aliphatic hydroxyl groups is 1. The van der Waals surface area contributed by atoms with Gasteiger partial charge in [-0.1, -0.05) is 34.1 Å². The third-order valence-electron chi connectivity index (χ3n) is 2.70. The number of aliphatic hydroxyl groups excluding tert-OH is 1. The molecule has 15 heavy (non-hydrogen) atoms. The Morgan fingerprint density at radius 2 is 2.27 bits per heavy atom. The Morgan fingerprint density at radius 1 is 1.47 bits per heavy atom. The summed E-state index contributed by atoms with van der Waals surface area (Å²) in [7, 11) is 0. The second-order valence-electron chi connectivity index (χ2n) is 3.68. The Kier molecular flexibility index (Phi) is 3.08. The molecule has 1 aromatic rings. The lowest BCUT2D eigenvalue weighted by Gasteiger charge is -2.20. The van der Waals surface area contributed by atoms with E-state index >= 15 is 0 Å². The molecule has 1 nitrogen and oxygen atoms in total. The van der Waals surface area contributed by atoms with Crippen LogP contribution in [0, 0.1) is 0 Å². The summed E-state index contributed by atoms with van der Waals surface area (Å²) in [5.74, 6) is 0. The van der Waals surface area contributed by atoms with Crippen molar-refractivity contribution in [3.05, 3.63) is 52.5 Å². The van der Waals surface area contributed by atoms with Crippen LogP contribution in [-0.4, -0.2) is 11.2 Å². The number of benzene rings is 1. The normalized spacial score (nSPS) is 16.5. The molecule has 2 rings (SSSR count). The maximum absolute atomic E-state index is 9.82. The van der Waals surface area contributed by atoms with Crippen LogP contribution < -0.4 is 0 Å². The van der Waals surface area contributed by atoms with E-state index < -0.39 is 6.10 Å². The summed E-state index contributed by atoms with van der Waals surface area (Å²) in [6, 6.07) is 6.22. The molecule has 0 spiro atoms. The van der Waals surface area contributed by atoms with Crippen LogP contribution in [0.25, 0.3) is 5.57 Å². The fourth-order valence-corrected chi connectivity index (χ4v) is 2.30. The molecular weight excluding hydrogens is 252 g/mol. The van der Waals surface area contributed by atoms with Crippen LogP contribution in [0.5, 0.6) is 0 Å². The number of aryl methyl sites for hydroxylation is 1. The quantitative estimate of drug-likeness (QED) is 0.813. The van der Waals surface area contributed by atoms with Crippen molar-refractivity contribution in [1.29, 1.82) is 0 Å². The highest BCUT2D eigenvalue weighted by molar-refractivity contribution is 9.10. The van der Waals surface area contributed by atoms with Gasteiger partial charge in [0.05, 0.1) is 6.10 Å². The first kappa shape index (κ1) is 10.7. The van der Waals surface area contributed by atoms with E-state index in [0.717, 1.165) is 28.5 Å². The standard InChI is InChI=1S/C13H13BrO/c1-2-13(15)11-5-3-4-9-6-7-10(14)8-12(9)11/h2,5-8,13,15H,1,3-4H2. The zero-order valence-electron chi connectivity index (χ0n) is 8.41. The minimum atomic E-state index is -0.557.